The van der Waals surface area contributed by atoms with Crippen molar-refractivity contribution >= 4 is 45.5 Å². The second-order valence-corrected chi connectivity index (χ2v) is 7.16. The molecule has 7 nitrogen and oxygen atoms in total. The molecule has 2 heterocycles. The number of anilines is 1. The van der Waals surface area contributed by atoms with Gasteiger partial charge in [0.25, 0.3) is 5.91 Å². The number of carbonyl (C=O) groups excluding carboxylic acids is 3. The molecule has 1 aliphatic heterocycles. The average molecular weight is 399 g/mol. The van der Waals surface area contributed by atoms with Gasteiger partial charge in [0, 0.05) is 22.0 Å². The summed E-state index contributed by atoms with van der Waals surface area (Å²) in [6.07, 6.45) is 0.176. The number of hydrogen-bond donors (Lipinski definition) is 3. The van der Waals surface area contributed by atoms with Gasteiger partial charge in [-0.15, -0.1) is 0 Å². The lowest BCUT2D eigenvalue weighted by Crippen LogP contribution is -2.48. The van der Waals surface area contributed by atoms with Gasteiger partial charge in [0.1, 0.15) is 11.2 Å². The lowest BCUT2D eigenvalue weighted by Gasteiger charge is -2.23. The average Bonchev–Trinajstić information content (AvgIpc) is 3.11. The second-order valence-electron chi connectivity index (χ2n) is 7.16. The first-order valence-electron chi connectivity index (χ1n) is 9.50. The minimum atomic E-state index is -0.505. The fourth-order valence-electron chi connectivity index (χ4n) is 3.68. The van der Waals surface area contributed by atoms with Crippen LogP contribution < -0.4 is 16.0 Å². The molecule has 30 heavy (non-hydrogen) atoms. The van der Waals surface area contributed by atoms with Gasteiger partial charge in [-0.25, -0.2) is 4.79 Å². The van der Waals surface area contributed by atoms with Gasteiger partial charge in [-0.05, 0) is 42.0 Å². The molecule has 1 unspecified atom stereocenters. The van der Waals surface area contributed by atoms with Gasteiger partial charge in [0.15, 0.2) is 0 Å². The van der Waals surface area contributed by atoms with Crippen LogP contribution in [-0.4, -0.2) is 17.8 Å². The summed E-state index contributed by atoms with van der Waals surface area (Å²) in [7, 11) is 0. The Morgan fingerprint density at radius 2 is 1.70 bits per heavy atom. The highest BCUT2D eigenvalue weighted by molar-refractivity contribution is 6.10. The Morgan fingerprint density at radius 3 is 2.50 bits per heavy atom. The zero-order valence-electron chi connectivity index (χ0n) is 15.8. The van der Waals surface area contributed by atoms with E-state index in [0.717, 1.165) is 21.9 Å². The monoisotopic (exact) mass is 399 g/mol. The van der Waals surface area contributed by atoms with Crippen molar-refractivity contribution in [1.29, 1.82) is 0 Å². The summed E-state index contributed by atoms with van der Waals surface area (Å²) < 4.78 is 5.85. The van der Waals surface area contributed by atoms with E-state index >= 15 is 0 Å². The van der Waals surface area contributed by atoms with E-state index in [2.05, 4.69) is 16.0 Å². The first-order chi connectivity index (χ1) is 14.6. The number of urea groups is 1. The van der Waals surface area contributed by atoms with Crippen LogP contribution >= 0.6 is 0 Å². The number of nitrogens with one attached hydrogen (secondary N) is 3. The summed E-state index contributed by atoms with van der Waals surface area (Å²) in [5, 5.41) is 9.74. The predicted molar refractivity (Wildman–Crippen MR) is 112 cm³/mol. The van der Waals surface area contributed by atoms with Gasteiger partial charge < -0.3 is 15.1 Å². The molecule has 1 fully saturated rings. The Hall–Kier alpha value is -4.13. The van der Waals surface area contributed by atoms with E-state index in [0.29, 0.717) is 16.8 Å². The molecule has 148 valence electrons. The number of fused-ring (bicyclic) bond motifs is 3. The molecule has 1 aromatic heterocycles. The lowest BCUT2D eigenvalue weighted by molar-refractivity contribution is -0.121. The zero-order valence-corrected chi connectivity index (χ0v) is 15.8. The van der Waals surface area contributed by atoms with Crippen molar-refractivity contribution < 1.29 is 18.8 Å². The first kappa shape index (κ1) is 17.9. The molecule has 4 amide bonds. The third-order valence-electron chi connectivity index (χ3n) is 5.16. The van der Waals surface area contributed by atoms with Crippen molar-refractivity contribution in [3.8, 4) is 0 Å². The van der Waals surface area contributed by atoms with Crippen molar-refractivity contribution in [1.82, 2.24) is 10.6 Å². The molecular weight excluding hydrogens is 382 g/mol. The predicted octanol–water partition coefficient (Wildman–Crippen LogP) is 4.11. The Kier molecular flexibility index (Phi) is 4.21. The van der Waals surface area contributed by atoms with Gasteiger partial charge in [-0.1, -0.05) is 30.3 Å². The molecule has 0 aliphatic carbocycles. The second kappa shape index (κ2) is 7.04. The maximum Gasteiger partial charge on any atom is 0.321 e. The number of carbonyl (C=O) groups is 3. The standard InChI is InChI=1S/C23H17N3O4/c27-21-12-18(25-23(29)26-21)13-5-8-15(9-6-13)24-22(28)14-7-10-17-16-3-1-2-4-19(16)30-20(17)11-14/h1-11,18H,12H2,(H,24,28)(H2,25,26,27,29). The van der Waals surface area contributed by atoms with Crippen LogP contribution in [-0.2, 0) is 4.79 Å². The smallest absolute Gasteiger partial charge is 0.321 e. The van der Waals surface area contributed by atoms with Crippen LogP contribution in [0.3, 0.4) is 0 Å². The highest BCUT2D eigenvalue weighted by atomic mass is 16.3. The maximum atomic E-state index is 12.7. The minimum Gasteiger partial charge on any atom is -0.456 e. The molecule has 3 aromatic carbocycles. The number of furan rings is 1. The number of rotatable bonds is 3. The van der Waals surface area contributed by atoms with Crippen LogP contribution in [0.2, 0.25) is 0 Å². The molecule has 0 bridgehead atoms. The maximum absolute atomic E-state index is 12.7. The van der Waals surface area contributed by atoms with Crippen molar-refractivity contribution in [2.75, 3.05) is 5.32 Å². The molecule has 0 saturated carbocycles. The van der Waals surface area contributed by atoms with Crippen molar-refractivity contribution in [2.45, 2.75) is 12.5 Å². The third kappa shape index (κ3) is 3.26. The van der Waals surface area contributed by atoms with Crippen LogP contribution in [0.5, 0.6) is 0 Å². The molecule has 0 spiro atoms. The quantitative estimate of drug-likeness (QED) is 0.483. The van der Waals surface area contributed by atoms with Crippen LogP contribution in [0, 0.1) is 0 Å². The number of benzene rings is 3. The molecule has 1 aliphatic rings. The SMILES string of the molecule is O=C1CC(c2ccc(NC(=O)c3ccc4c(c3)oc3ccccc34)cc2)NC(=O)N1. The van der Waals surface area contributed by atoms with Crippen LogP contribution in [0.15, 0.2) is 71.1 Å². The Morgan fingerprint density at radius 1 is 0.933 bits per heavy atom. The molecule has 1 saturated heterocycles. The van der Waals surface area contributed by atoms with Crippen molar-refractivity contribution in [2.24, 2.45) is 0 Å². The highest BCUT2D eigenvalue weighted by Gasteiger charge is 2.24. The van der Waals surface area contributed by atoms with Crippen LogP contribution in [0.25, 0.3) is 21.9 Å². The lowest BCUT2D eigenvalue weighted by atomic mass is 10.0. The highest BCUT2D eigenvalue weighted by Crippen LogP contribution is 2.29. The summed E-state index contributed by atoms with van der Waals surface area (Å²) >= 11 is 0. The topological polar surface area (TPSA) is 100 Å². The van der Waals surface area contributed by atoms with Gasteiger partial charge >= 0.3 is 6.03 Å². The number of amides is 4. The van der Waals surface area contributed by atoms with E-state index in [1.807, 2.05) is 30.3 Å². The van der Waals surface area contributed by atoms with Crippen molar-refractivity contribution in [3.63, 3.8) is 0 Å². The fourth-order valence-corrected chi connectivity index (χ4v) is 3.68. The van der Waals surface area contributed by atoms with E-state index in [-0.39, 0.29) is 24.3 Å². The molecule has 5 rings (SSSR count). The summed E-state index contributed by atoms with van der Waals surface area (Å²) in [6.45, 7) is 0. The van der Waals surface area contributed by atoms with E-state index in [1.165, 1.54) is 0 Å². The number of imide groups is 1. The van der Waals surface area contributed by atoms with E-state index in [4.69, 9.17) is 4.42 Å². The largest absolute Gasteiger partial charge is 0.456 e. The summed E-state index contributed by atoms with van der Waals surface area (Å²) in [5.41, 5.74) is 3.33. The summed E-state index contributed by atoms with van der Waals surface area (Å²) in [4.78, 5) is 35.7. The molecule has 7 heteroatoms. The van der Waals surface area contributed by atoms with Gasteiger partial charge in [-0.3, -0.25) is 14.9 Å². The van der Waals surface area contributed by atoms with Gasteiger partial charge in [-0.2, -0.15) is 0 Å². The van der Waals surface area contributed by atoms with E-state index in [9.17, 15) is 14.4 Å². The Bertz CT molecular complexity index is 1290. The Labute approximate surface area is 171 Å². The number of hydrogen-bond acceptors (Lipinski definition) is 4. The summed E-state index contributed by atoms with van der Waals surface area (Å²) in [6, 6.07) is 19.3. The normalized spacial score (nSPS) is 16.3. The van der Waals surface area contributed by atoms with E-state index in [1.54, 1.807) is 36.4 Å². The van der Waals surface area contributed by atoms with Gasteiger partial charge in [0.2, 0.25) is 5.91 Å². The minimum absolute atomic E-state index is 0.176. The molecular formula is C23H17N3O4. The first-order valence-corrected chi connectivity index (χ1v) is 9.50. The molecule has 4 aromatic rings. The third-order valence-corrected chi connectivity index (χ3v) is 5.16. The number of para-hydroxylation sites is 1. The van der Waals surface area contributed by atoms with Crippen molar-refractivity contribution in [3.05, 3.63) is 77.9 Å². The Balaban J connectivity index is 1.34. The molecule has 3 N–H and O–H groups in total. The molecule has 1 atom stereocenters. The fraction of sp³-hybridized carbons (Fsp3) is 0.0870. The van der Waals surface area contributed by atoms with Gasteiger partial charge in [0.05, 0.1) is 12.5 Å². The summed E-state index contributed by atoms with van der Waals surface area (Å²) in [5.74, 6) is -0.572. The van der Waals surface area contributed by atoms with E-state index < -0.39 is 6.03 Å². The van der Waals surface area contributed by atoms with Crippen LogP contribution in [0.1, 0.15) is 28.4 Å². The molecule has 0 radical (unpaired) electrons. The van der Waals surface area contributed by atoms with Crippen LogP contribution in [0.4, 0.5) is 10.5 Å². The zero-order chi connectivity index (χ0) is 20.7.